The second-order valence-corrected chi connectivity index (χ2v) is 13.3. The van der Waals surface area contributed by atoms with Gasteiger partial charge in [-0.25, -0.2) is 9.78 Å². The van der Waals surface area contributed by atoms with Gasteiger partial charge in [-0.15, -0.1) is 0 Å². The van der Waals surface area contributed by atoms with Crippen molar-refractivity contribution in [1.82, 2.24) is 14.8 Å². The smallest absolute Gasteiger partial charge is 0.410 e. The standard InChI is InChI=1S/C26H37N4O3P/c1-20-17-29(25-11-10-24(16-27-25)34(3,4)32)18-21(2)30(20)26(31)33-23-12-14-28(15-13-23)19-22-8-6-5-7-9-22/h5-11,16,20-21,23H,12-15,17-19H2,1-4H3/t20-,21+. The van der Waals surface area contributed by atoms with Gasteiger partial charge in [0.25, 0.3) is 0 Å². The Morgan fingerprint density at radius 2 is 1.68 bits per heavy atom. The number of amides is 1. The number of aromatic nitrogens is 1. The predicted molar refractivity (Wildman–Crippen MR) is 138 cm³/mol. The molecule has 0 radical (unpaired) electrons. The Hall–Kier alpha value is -2.37. The van der Waals surface area contributed by atoms with Crippen LogP contribution < -0.4 is 10.2 Å². The maximum absolute atomic E-state index is 13.1. The molecule has 1 aromatic carbocycles. The fourth-order valence-electron chi connectivity index (χ4n) is 4.98. The molecule has 0 spiro atoms. The monoisotopic (exact) mass is 484 g/mol. The van der Waals surface area contributed by atoms with Gasteiger partial charge in [-0.05, 0) is 57.7 Å². The van der Waals surface area contributed by atoms with Gasteiger partial charge in [0, 0.05) is 44.2 Å². The summed E-state index contributed by atoms with van der Waals surface area (Å²) in [7, 11) is -2.32. The Balaban J connectivity index is 1.28. The molecule has 0 saturated carbocycles. The van der Waals surface area contributed by atoms with Crippen LogP contribution in [0.5, 0.6) is 0 Å². The van der Waals surface area contributed by atoms with Crippen LogP contribution in [0.2, 0.25) is 0 Å². The van der Waals surface area contributed by atoms with Gasteiger partial charge in [-0.1, -0.05) is 30.3 Å². The molecule has 4 rings (SSSR count). The summed E-state index contributed by atoms with van der Waals surface area (Å²) in [4.78, 5) is 24.1. The molecular formula is C26H37N4O3P. The molecule has 7 nitrogen and oxygen atoms in total. The van der Waals surface area contributed by atoms with E-state index < -0.39 is 7.14 Å². The highest BCUT2D eigenvalue weighted by atomic mass is 31.2. The molecule has 2 aliphatic heterocycles. The number of benzene rings is 1. The van der Waals surface area contributed by atoms with Crippen molar-refractivity contribution < 1.29 is 14.1 Å². The number of pyridine rings is 1. The van der Waals surface area contributed by atoms with E-state index in [0.29, 0.717) is 13.1 Å². The highest BCUT2D eigenvalue weighted by Gasteiger charge is 2.36. The summed E-state index contributed by atoms with van der Waals surface area (Å²) in [6, 6.07) is 14.4. The lowest BCUT2D eigenvalue weighted by Crippen LogP contribution is -2.59. The van der Waals surface area contributed by atoms with Crippen molar-refractivity contribution in [1.29, 1.82) is 0 Å². The Bertz CT molecular complexity index is 990. The third-order valence-corrected chi connectivity index (χ3v) is 8.37. The SMILES string of the molecule is C[C@@H]1CN(c2ccc(P(C)(C)=O)cn2)C[C@H](C)N1C(=O)OC1CCN(Cc2ccccc2)CC1. The van der Waals surface area contributed by atoms with E-state index in [1.165, 1.54) is 5.56 Å². The van der Waals surface area contributed by atoms with Crippen LogP contribution in [0, 0.1) is 0 Å². The van der Waals surface area contributed by atoms with Crippen molar-refractivity contribution in [3.63, 3.8) is 0 Å². The van der Waals surface area contributed by atoms with Crippen LogP contribution in [0.3, 0.4) is 0 Å². The lowest BCUT2D eigenvalue weighted by atomic mass is 10.1. The van der Waals surface area contributed by atoms with Crippen molar-refractivity contribution in [3.05, 3.63) is 54.2 Å². The molecule has 2 fully saturated rings. The van der Waals surface area contributed by atoms with Gasteiger partial charge in [0.1, 0.15) is 19.1 Å². The van der Waals surface area contributed by atoms with Crippen LogP contribution in [0.4, 0.5) is 10.6 Å². The lowest BCUT2D eigenvalue weighted by molar-refractivity contribution is 0.0100. The zero-order chi connectivity index (χ0) is 24.3. The van der Waals surface area contributed by atoms with E-state index in [-0.39, 0.29) is 24.3 Å². The number of anilines is 1. The minimum absolute atomic E-state index is 0.0133. The van der Waals surface area contributed by atoms with Crippen LogP contribution in [0.25, 0.3) is 0 Å². The van der Waals surface area contributed by atoms with Crippen LogP contribution in [0.15, 0.2) is 48.7 Å². The summed E-state index contributed by atoms with van der Waals surface area (Å²) in [6.45, 7) is 11.8. The fourth-order valence-corrected chi connectivity index (χ4v) is 5.75. The van der Waals surface area contributed by atoms with Gasteiger partial charge in [-0.2, -0.15) is 0 Å². The molecular weight excluding hydrogens is 447 g/mol. The van der Waals surface area contributed by atoms with Crippen LogP contribution in [-0.4, -0.2) is 78.6 Å². The molecule has 2 saturated heterocycles. The van der Waals surface area contributed by atoms with E-state index in [2.05, 4.69) is 52.9 Å². The average molecular weight is 485 g/mol. The molecule has 3 heterocycles. The van der Waals surface area contributed by atoms with E-state index in [0.717, 1.165) is 43.6 Å². The average Bonchev–Trinajstić information content (AvgIpc) is 2.80. The quantitative estimate of drug-likeness (QED) is 0.597. The van der Waals surface area contributed by atoms with Gasteiger partial charge in [0.2, 0.25) is 0 Å². The second-order valence-electron chi connectivity index (χ2n) is 10.1. The number of carbonyl (C=O) groups is 1. The van der Waals surface area contributed by atoms with Crippen molar-refractivity contribution in [2.24, 2.45) is 0 Å². The van der Waals surface area contributed by atoms with Gasteiger partial charge in [0.15, 0.2) is 0 Å². The molecule has 0 N–H and O–H groups in total. The maximum atomic E-state index is 13.1. The Labute approximate surface area is 203 Å². The largest absolute Gasteiger partial charge is 0.446 e. The van der Waals surface area contributed by atoms with Crippen molar-refractivity contribution >= 4 is 24.4 Å². The maximum Gasteiger partial charge on any atom is 0.410 e. The molecule has 184 valence electrons. The first-order chi connectivity index (χ1) is 16.2. The van der Waals surface area contributed by atoms with Crippen molar-refractivity contribution in [2.45, 2.75) is 51.4 Å². The molecule has 2 aliphatic rings. The number of carbonyl (C=O) groups excluding carboxylic acids is 1. The molecule has 0 bridgehead atoms. The fraction of sp³-hybridized carbons (Fsp3) is 0.538. The first-order valence-electron chi connectivity index (χ1n) is 12.2. The summed E-state index contributed by atoms with van der Waals surface area (Å²) in [5, 5.41) is 0.786. The van der Waals surface area contributed by atoms with Crippen molar-refractivity contribution in [3.8, 4) is 0 Å². The predicted octanol–water partition coefficient (Wildman–Crippen LogP) is 4.03. The van der Waals surface area contributed by atoms with Gasteiger partial charge in [0.05, 0.1) is 12.1 Å². The van der Waals surface area contributed by atoms with Crippen LogP contribution in [0.1, 0.15) is 32.3 Å². The van der Waals surface area contributed by atoms with E-state index in [4.69, 9.17) is 4.74 Å². The minimum Gasteiger partial charge on any atom is -0.446 e. The Kier molecular flexibility index (Phi) is 7.63. The zero-order valence-electron chi connectivity index (χ0n) is 20.8. The summed E-state index contributed by atoms with van der Waals surface area (Å²) < 4.78 is 18.2. The zero-order valence-corrected chi connectivity index (χ0v) is 21.7. The Morgan fingerprint density at radius 1 is 1.03 bits per heavy atom. The minimum atomic E-state index is -2.32. The van der Waals surface area contributed by atoms with Gasteiger partial charge >= 0.3 is 6.09 Å². The summed E-state index contributed by atoms with van der Waals surface area (Å²) in [5.41, 5.74) is 1.32. The summed E-state index contributed by atoms with van der Waals surface area (Å²) >= 11 is 0. The highest BCUT2D eigenvalue weighted by Crippen LogP contribution is 2.34. The van der Waals surface area contributed by atoms with Gasteiger partial charge in [-0.3, -0.25) is 9.80 Å². The molecule has 2 aromatic rings. The second kappa shape index (κ2) is 10.5. The molecule has 2 atom stereocenters. The number of ether oxygens (including phenoxy) is 1. The Morgan fingerprint density at radius 3 is 2.24 bits per heavy atom. The first-order valence-corrected chi connectivity index (χ1v) is 14.8. The number of likely N-dealkylation sites (tertiary alicyclic amines) is 1. The first kappa shape index (κ1) is 24.7. The molecule has 0 aliphatic carbocycles. The highest BCUT2D eigenvalue weighted by molar-refractivity contribution is 7.70. The molecule has 8 heteroatoms. The topological polar surface area (TPSA) is 66.0 Å². The number of hydrogen-bond donors (Lipinski definition) is 0. The number of piperazine rings is 1. The van der Waals surface area contributed by atoms with E-state index >= 15 is 0 Å². The van der Waals surface area contributed by atoms with Crippen molar-refractivity contribution in [2.75, 3.05) is 44.4 Å². The molecule has 1 amide bonds. The third-order valence-electron chi connectivity index (χ3n) is 6.86. The normalized spacial score (nSPS) is 22.6. The molecule has 1 aromatic heterocycles. The summed E-state index contributed by atoms with van der Waals surface area (Å²) in [5.74, 6) is 0.856. The summed E-state index contributed by atoms with van der Waals surface area (Å²) in [6.07, 6.45) is 3.23. The number of hydrogen-bond acceptors (Lipinski definition) is 6. The van der Waals surface area contributed by atoms with Gasteiger partial charge < -0.3 is 14.2 Å². The molecule has 34 heavy (non-hydrogen) atoms. The van der Waals surface area contributed by atoms with Crippen LogP contribution in [-0.2, 0) is 15.8 Å². The lowest BCUT2D eigenvalue weighted by Gasteiger charge is -2.44. The number of piperidine rings is 1. The van der Waals surface area contributed by atoms with E-state index in [1.807, 2.05) is 23.1 Å². The number of nitrogens with zero attached hydrogens (tertiary/aromatic N) is 4. The van der Waals surface area contributed by atoms with Crippen LogP contribution >= 0.6 is 7.14 Å². The van der Waals surface area contributed by atoms with E-state index in [1.54, 1.807) is 19.5 Å². The molecule has 0 unspecified atom stereocenters. The number of rotatable bonds is 5. The van der Waals surface area contributed by atoms with E-state index in [9.17, 15) is 9.36 Å². The third kappa shape index (κ3) is 6.00.